The van der Waals surface area contributed by atoms with Crippen LogP contribution in [0.3, 0.4) is 0 Å². The zero-order chi connectivity index (χ0) is 15.1. The lowest BCUT2D eigenvalue weighted by molar-refractivity contribution is 0.274. The molecule has 1 heterocycles. The normalized spacial score (nSPS) is 22.0. The van der Waals surface area contributed by atoms with Gasteiger partial charge in [0.1, 0.15) is 0 Å². The zero-order valence-electron chi connectivity index (χ0n) is 12.9. The highest BCUT2D eigenvalue weighted by Gasteiger charge is 2.18. The van der Waals surface area contributed by atoms with Crippen molar-refractivity contribution in [2.24, 2.45) is 11.8 Å². The van der Waals surface area contributed by atoms with E-state index in [4.69, 9.17) is 16.3 Å². The third-order valence-electron chi connectivity index (χ3n) is 3.90. The Kier molecular flexibility index (Phi) is 6.49. The van der Waals surface area contributed by atoms with Crippen LogP contribution in [0.1, 0.15) is 52.4 Å². The van der Waals surface area contributed by atoms with E-state index >= 15 is 0 Å². The van der Waals surface area contributed by atoms with Crippen LogP contribution in [0.4, 0.5) is 5.95 Å². The first-order valence-electron chi connectivity index (χ1n) is 7.95. The van der Waals surface area contributed by atoms with Gasteiger partial charge < -0.3 is 10.1 Å². The highest BCUT2D eigenvalue weighted by Crippen LogP contribution is 2.30. The predicted molar refractivity (Wildman–Crippen MR) is 84.9 cm³/mol. The third kappa shape index (κ3) is 5.65. The Bertz CT molecular complexity index is 444. The molecule has 1 aliphatic rings. The number of halogens is 1. The number of rotatable bonds is 7. The Morgan fingerprint density at radius 2 is 2.14 bits per heavy atom. The van der Waals surface area contributed by atoms with Gasteiger partial charge in [-0.25, -0.2) is 0 Å². The first-order valence-corrected chi connectivity index (χ1v) is 8.33. The van der Waals surface area contributed by atoms with E-state index in [2.05, 4.69) is 27.2 Å². The van der Waals surface area contributed by atoms with Crippen molar-refractivity contribution in [2.45, 2.75) is 52.4 Å². The fourth-order valence-corrected chi connectivity index (χ4v) is 3.03. The molecule has 1 saturated carbocycles. The van der Waals surface area contributed by atoms with Crippen LogP contribution >= 0.6 is 11.6 Å². The van der Waals surface area contributed by atoms with Gasteiger partial charge in [0.2, 0.25) is 11.2 Å². The topological polar surface area (TPSA) is 59.9 Å². The van der Waals surface area contributed by atoms with Gasteiger partial charge in [0.05, 0.1) is 6.61 Å². The maximum atomic E-state index is 5.89. The van der Waals surface area contributed by atoms with Crippen LogP contribution in [-0.2, 0) is 0 Å². The fraction of sp³-hybridized carbons (Fsp3) is 0.800. The molecule has 2 unspecified atom stereocenters. The van der Waals surface area contributed by atoms with Gasteiger partial charge in [0.15, 0.2) is 0 Å². The third-order valence-corrected chi connectivity index (χ3v) is 4.07. The predicted octanol–water partition coefficient (Wildman–Crippen LogP) is 3.94. The van der Waals surface area contributed by atoms with E-state index < -0.39 is 0 Å². The lowest BCUT2D eigenvalue weighted by atomic mass is 9.81. The van der Waals surface area contributed by atoms with Crippen molar-refractivity contribution < 1.29 is 4.74 Å². The summed E-state index contributed by atoms with van der Waals surface area (Å²) in [4.78, 5) is 12.3. The molecule has 118 valence electrons. The summed E-state index contributed by atoms with van der Waals surface area (Å²) in [5.41, 5.74) is 0. The first kappa shape index (κ1) is 16.3. The maximum absolute atomic E-state index is 5.89. The van der Waals surface area contributed by atoms with E-state index in [1.807, 2.05) is 6.92 Å². The summed E-state index contributed by atoms with van der Waals surface area (Å²) in [6.45, 7) is 5.83. The minimum absolute atomic E-state index is 0.171. The smallest absolute Gasteiger partial charge is 0.322 e. The summed E-state index contributed by atoms with van der Waals surface area (Å²) in [5.74, 6) is 2.18. The van der Waals surface area contributed by atoms with Crippen LogP contribution in [0.5, 0.6) is 6.01 Å². The lowest BCUT2D eigenvalue weighted by Crippen LogP contribution is -2.17. The molecule has 0 amide bonds. The highest BCUT2D eigenvalue weighted by molar-refractivity contribution is 6.28. The number of hydrogen-bond donors (Lipinski definition) is 1. The summed E-state index contributed by atoms with van der Waals surface area (Å²) in [6, 6.07) is 0.297. The minimum atomic E-state index is 0.171. The SMILES string of the molecule is CCCOc1nc(Cl)nc(NCCC2CCCC(C)C2)n1. The number of aromatic nitrogens is 3. The number of nitrogens with one attached hydrogen (secondary N) is 1. The van der Waals surface area contributed by atoms with Crippen LogP contribution in [0.2, 0.25) is 5.28 Å². The van der Waals surface area contributed by atoms with Crippen LogP contribution in [-0.4, -0.2) is 28.1 Å². The minimum Gasteiger partial charge on any atom is -0.463 e. The van der Waals surface area contributed by atoms with Gasteiger partial charge in [-0.05, 0) is 42.7 Å². The summed E-state index contributed by atoms with van der Waals surface area (Å²) in [5, 5.41) is 3.41. The van der Waals surface area contributed by atoms with Gasteiger partial charge in [0.25, 0.3) is 0 Å². The summed E-state index contributed by atoms with van der Waals surface area (Å²) in [6.07, 6.45) is 7.48. The van der Waals surface area contributed by atoms with Gasteiger partial charge in [0, 0.05) is 6.54 Å². The summed E-state index contributed by atoms with van der Waals surface area (Å²) >= 11 is 5.89. The largest absolute Gasteiger partial charge is 0.463 e. The molecule has 1 aliphatic carbocycles. The second-order valence-corrected chi connectivity index (χ2v) is 6.25. The lowest BCUT2D eigenvalue weighted by Gasteiger charge is -2.26. The number of ether oxygens (including phenoxy) is 1. The molecule has 0 bridgehead atoms. The summed E-state index contributed by atoms with van der Waals surface area (Å²) in [7, 11) is 0. The molecule has 1 fully saturated rings. The van der Waals surface area contributed by atoms with Gasteiger partial charge in [-0.1, -0.05) is 33.1 Å². The standard InChI is InChI=1S/C15H25ClN4O/c1-3-9-21-15-19-13(16)18-14(20-15)17-8-7-12-6-4-5-11(2)10-12/h11-12H,3-10H2,1-2H3,(H,17,18,19,20). The second-order valence-electron chi connectivity index (χ2n) is 5.91. The maximum Gasteiger partial charge on any atom is 0.322 e. The monoisotopic (exact) mass is 312 g/mol. The second kappa shape index (κ2) is 8.37. The van der Waals surface area contributed by atoms with Gasteiger partial charge in [-0.15, -0.1) is 0 Å². The van der Waals surface area contributed by atoms with E-state index in [0.29, 0.717) is 18.6 Å². The first-order chi connectivity index (χ1) is 10.2. The van der Waals surface area contributed by atoms with E-state index in [1.54, 1.807) is 0 Å². The van der Waals surface area contributed by atoms with E-state index in [0.717, 1.165) is 31.2 Å². The average Bonchev–Trinajstić information content (AvgIpc) is 2.45. The zero-order valence-corrected chi connectivity index (χ0v) is 13.7. The Hall–Kier alpha value is -1.10. The Morgan fingerprint density at radius 1 is 1.29 bits per heavy atom. The molecule has 0 aliphatic heterocycles. The highest BCUT2D eigenvalue weighted by atomic mass is 35.5. The molecule has 0 spiro atoms. The van der Waals surface area contributed by atoms with Crippen molar-refractivity contribution in [3.8, 4) is 6.01 Å². The Morgan fingerprint density at radius 3 is 2.90 bits per heavy atom. The van der Waals surface area contributed by atoms with Crippen molar-refractivity contribution in [1.29, 1.82) is 0 Å². The molecule has 0 radical (unpaired) electrons. The molecule has 2 rings (SSSR count). The molecular weight excluding hydrogens is 288 g/mol. The quantitative estimate of drug-likeness (QED) is 0.826. The Labute approximate surface area is 131 Å². The van der Waals surface area contributed by atoms with Gasteiger partial charge >= 0.3 is 6.01 Å². The molecule has 0 aromatic carbocycles. The van der Waals surface area contributed by atoms with Crippen molar-refractivity contribution in [2.75, 3.05) is 18.5 Å². The van der Waals surface area contributed by atoms with Crippen molar-refractivity contribution in [3.63, 3.8) is 0 Å². The van der Waals surface area contributed by atoms with Crippen LogP contribution in [0, 0.1) is 11.8 Å². The van der Waals surface area contributed by atoms with Crippen LogP contribution in [0.15, 0.2) is 0 Å². The van der Waals surface area contributed by atoms with Crippen LogP contribution in [0.25, 0.3) is 0 Å². The number of anilines is 1. The molecule has 2 atom stereocenters. The molecule has 5 nitrogen and oxygen atoms in total. The van der Waals surface area contributed by atoms with E-state index in [-0.39, 0.29) is 5.28 Å². The molecule has 1 N–H and O–H groups in total. The van der Waals surface area contributed by atoms with Crippen molar-refractivity contribution in [3.05, 3.63) is 5.28 Å². The molecular formula is C15H25ClN4O. The number of nitrogens with zero attached hydrogens (tertiary/aromatic N) is 3. The summed E-state index contributed by atoms with van der Waals surface area (Å²) < 4.78 is 5.40. The average molecular weight is 313 g/mol. The van der Waals surface area contributed by atoms with Crippen LogP contribution < -0.4 is 10.1 Å². The van der Waals surface area contributed by atoms with Crippen molar-refractivity contribution >= 4 is 17.5 Å². The van der Waals surface area contributed by atoms with Gasteiger partial charge in [-0.2, -0.15) is 15.0 Å². The fourth-order valence-electron chi connectivity index (χ4n) is 2.88. The molecule has 1 aromatic heterocycles. The van der Waals surface area contributed by atoms with E-state index in [1.165, 1.54) is 25.7 Å². The molecule has 6 heteroatoms. The molecule has 21 heavy (non-hydrogen) atoms. The Balaban J connectivity index is 1.80. The van der Waals surface area contributed by atoms with Crippen molar-refractivity contribution in [1.82, 2.24) is 15.0 Å². The number of hydrogen-bond acceptors (Lipinski definition) is 5. The molecule has 1 aromatic rings. The van der Waals surface area contributed by atoms with Gasteiger partial charge in [-0.3, -0.25) is 0 Å². The van der Waals surface area contributed by atoms with E-state index in [9.17, 15) is 0 Å². The molecule has 0 saturated heterocycles.